The largest absolute Gasteiger partial charge is 0.471 e. The van der Waals surface area contributed by atoms with Gasteiger partial charge in [0.05, 0.1) is 30.1 Å². The van der Waals surface area contributed by atoms with E-state index in [0.717, 1.165) is 17.6 Å². The van der Waals surface area contributed by atoms with Crippen molar-refractivity contribution in [2.75, 3.05) is 7.11 Å². The maximum Gasteiger partial charge on any atom is 0.346 e. The van der Waals surface area contributed by atoms with Crippen molar-refractivity contribution in [3.63, 3.8) is 0 Å². The summed E-state index contributed by atoms with van der Waals surface area (Å²) in [6.07, 6.45) is 4.77. The molecule has 3 aliphatic rings. The zero-order valence-corrected chi connectivity index (χ0v) is 18.1. The lowest BCUT2D eigenvalue weighted by Gasteiger charge is -2.15. The van der Waals surface area contributed by atoms with E-state index in [2.05, 4.69) is 25.8 Å². The van der Waals surface area contributed by atoms with E-state index < -0.39 is 34.5 Å². The highest BCUT2D eigenvalue weighted by Crippen LogP contribution is 2.52. The molecule has 1 aromatic rings. The Kier molecular flexibility index (Phi) is 5.38. The Hall–Kier alpha value is -3.08. The van der Waals surface area contributed by atoms with Crippen LogP contribution in [0.1, 0.15) is 18.9 Å². The first-order valence-electron chi connectivity index (χ1n) is 9.55. The minimum atomic E-state index is -1.13. The van der Waals surface area contributed by atoms with Gasteiger partial charge in [-0.15, -0.1) is 0 Å². The number of hydrazone groups is 1. The number of ether oxygens (including phenoxy) is 2. The smallest absolute Gasteiger partial charge is 0.346 e. The number of benzene rings is 1. The second kappa shape index (κ2) is 7.88. The third kappa shape index (κ3) is 3.52. The molecule has 0 unspecified atom stereocenters. The van der Waals surface area contributed by atoms with Gasteiger partial charge in [0, 0.05) is 16.1 Å². The quantitative estimate of drug-likeness (QED) is 0.149. The Labute approximate surface area is 185 Å². The van der Waals surface area contributed by atoms with Gasteiger partial charge in [-0.2, -0.15) is 10.1 Å². The highest BCUT2D eigenvalue weighted by atomic mass is 79.9. The number of rotatable bonds is 6. The third-order valence-electron chi connectivity index (χ3n) is 5.85. The number of carbonyl (C=O) groups is 3. The van der Waals surface area contributed by atoms with Crippen LogP contribution in [0.25, 0.3) is 0 Å². The highest BCUT2D eigenvalue weighted by molar-refractivity contribution is 9.10. The van der Waals surface area contributed by atoms with Gasteiger partial charge in [-0.3, -0.25) is 19.7 Å². The molecule has 1 aromatic carbocycles. The van der Waals surface area contributed by atoms with Crippen LogP contribution in [0, 0.1) is 33.8 Å². The normalized spacial score (nSPS) is 27.1. The molecule has 1 saturated carbocycles. The molecule has 31 heavy (non-hydrogen) atoms. The van der Waals surface area contributed by atoms with E-state index in [-0.39, 0.29) is 35.0 Å². The van der Waals surface area contributed by atoms with E-state index in [1.807, 2.05) is 12.2 Å². The molecule has 4 rings (SSSR count). The third-order valence-corrected chi connectivity index (χ3v) is 6.30. The summed E-state index contributed by atoms with van der Waals surface area (Å²) in [5.74, 6) is -2.44. The van der Waals surface area contributed by atoms with Gasteiger partial charge in [0.2, 0.25) is 5.75 Å². The molecule has 1 aliphatic heterocycles. The van der Waals surface area contributed by atoms with Crippen LogP contribution in [0.2, 0.25) is 0 Å². The zero-order chi connectivity index (χ0) is 22.4. The summed E-state index contributed by atoms with van der Waals surface area (Å²) >= 11 is 3.20. The predicted molar refractivity (Wildman–Crippen MR) is 110 cm³/mol. The summed E-state index contributed by atoms with van der Waals surface area (Å²) in [6.45, 7) is 1.38. The van der Waals surface area contributed by atoms with E-state index in [0.29, 0.717) is 4.47 Å². The average molecular weight is 492 g/mol. The summed E-state index contributed by atoms with van der Waals surface area (Å²) in [7, 11) is 1.17. The highest BCUT2D eigenvalue weighted by Gasteiger charge is 2.59. The van der Waals surface area contributed by atoms with Crippen LogP contribution < -0.4 is 4.74 Å². The molecule has 0 spiro atoms. The topological polar surface area (TPSA) is 128 Å². The molecule has 2 aliphatic carbocycles. The number of esters is 1. The zero-order valence-electron chi connectivity index (χ0n) is 16.6. The standard InChI is InChI=1S/C20H18BrN3O7/c1-9(20(27)30-2)31-17-12(6-13(21)7-14(17)24(28)29)8-22-23-18(25)15-10-3-4-11(5-10)16(15)19(23)26/h3-4,6-11,15-16H,5H2,1-2H3/t9-,10+,11+,15-,16+/m1/s1. The van der Waals surface area contributed by atoms with Gasteiger partial charge in [0.25, 0.3) is 11.8 Å². The molecule has 0 aromatic heterocycles. The summed E-state index contributed by atoms with van der Waals surface area (Å²) < 4.78 is 10.5. The van der Waals surface area contributed by atoms with Crippen molar-refractivity contribution >= 4 is 45.6 Å². The van der Waals surface area contributed by atoms with Gasteiger partial charge in [-0.1, -0.05) is 28.1 Å². The summed E-state index contributed by atoms with van der Waals surface area (Å²) in [5, 5.41) is 16.4. The number of carbonyl (C=O) groups excluding carboxylic acids is 3. The van der Waals surface area contributed by atoms with Gasteiger partial charge in [-0.25, -0.2) is 4.79 Å². The minimum Gasteiger partial charge on any atom is -0.471 e. The molecular weight excluding hydrogens is 474 g/mol. The van der Waals surface area contributed by atoms with Gasteiger partial charge in [0.1, 0.15) is 0 Å². The van der Waals surface area contributed by atoms with Crippen molar-refractivity contribution in [1.82, 2.24) is 5.01 Å². The first kappa shape index (κ1) is 21.2. The molecule has 2 bridgehead atoms. The van der Waals surface area contributed by atoms with E-state index in [9.17, 15) is 24.5 Å². The Balaban J connectivity index is 1.67. The molecule has 11 heteroatoms. The lowest BCUT2D eigenvalue weighted by Crippen LogP contribution is -2.28. The monoisotopic (exact) mass is 491 g/mol. The molecular formula is C20H18BrN3O7. The summed E-state index contributed by atoms with van der Waals surface area (Å²) in [6, 6.07) is 2.70. The summed E-state index contributed by atoms with van der Waals surface area (Å²) in [4.78, 5) is 48.2. The second-order valence-corrected chi connectivity index (χ2v) is 8.53. The van der Waals surface area contributed by atoms with Gasteiger partial charge >= 0.3 is 11.7 Å². The van der Waals surface area contributed by atoms with E-state index in [1.165, 1.54) is 26.2 Å². The van der Waals surface area contributed by atoms with Crippen molar-refractivity contribution in [2.45, 2.75) is 19.4 Å². The minimum absolute atomic E-state index is 0.0402. The molecule has 5 atom stereocenters. The number of allylic oxidation sites excluding steroid dienone is 2. The fourth-order valence-corrected chi connectivity index (χ4v) is 4.93. The van der Waals surface area contributed by atoms with Gasteiger partial charge in [0.15, 0.2) is 6.10 Å². The first-order valence-corrected chi connectivity index (χ1v) is 10.3. The van der Waals surface area contributed by atoms with Crippen LogP contribution in [-0.2, 0) is 19.1 Å². The first-order chi connectivity index (χ1) is 14.7. The van der Waals surface area contributed by atoms with Gasteiger partial charge < -0.3 is 9.47 Å². The van der Waals surface area contributed by atoms with Crippen molar-refractivity contribution < 1.29 is 28.8 Å². The number of amides is 2. The Morgan fingerprint density at radius 2 is 1.90 bits per heavy atom. The number of nitrogens with zero attached hydrogens (tertiary/aromatic N) is 3. The predicted octanol–water partition coefficient (Wildman–Crippen LogP) is 2.44. The molecule has 1 heterocycles. The fourth-order valence-electron chi connectivity index (χ4n) is 4.47. The summed E-state index contributed by atoms with van der Waals surface area (Å²) in [5.41, 5.74) is -0.291. The lowest BCUT2D eigenvalue weighted by atomic mass is 9.85. The Morgan fingerprint density at radius 1 is 1.29 bits per heavy atom. The van der Waals surface area contributed by atoms with E-state index in [1.54, 1.807) is 0 Å². The maximum atomic E-state index is 12.8. The molecule has 1 saturated heterocycles. The van der Waals surface area contributed by atoms with Crippen molar-refractivity contribution in [2.24, 2.45) is 28.8 Å². The molecule has 10 nitrogen and oxygen atoms in total. The average Bonchev–Trinajstić information content (AvgIpc) is 3.41. The molecule has 2 fully saturated rings. The number of methoxy groups -OCH3 is 1. The Morgan fingerprint density at radius 3 is 2.45 bits per heavy atom. The van der Waals surface area contributed by atoms with Crippen LogP contribution in [0.3, 0.4) is 0 Å². The second-order valence-electron chi connectivity index (χ2n) is 7.62. The molecule has 162 valence electrons. The number of fused-ring (bicyclic) bond motifs is 5. The number of nitro groups is 1. The SMILES string of the molecule is COC(=O)[C@@H](C)Oc1c(C=NN2C(=O)[C@@H]3[C@H](C2=O)[C@H]2C=C[C@H]3C2)cc(Br)cc1[N+](=O)[O-]. The number of hydrogen-bond donors (Lipinski definition) is 0. The number of halogens is 1. The molecule has 0 N–H and O–H groups in total. The van der Waals surface area contributed by atoms with Gasteiger partial charge in [-0.05, 0) is 31.2 Å². The van der Waals surface area contributed by atoms with Crippen molar-refractivity contribution in [3.05, 3.63) is 44.4 Å². The van der Waals surface area contributed by atoms with Crippen LogP contribution >= 0.6 is 15.9 Å². The van der Waals surface area contributed by atoms with Crippen molar-refractivity contribution in [1.29, 1.82) is 0 Å². The number of nitro benzene ring substituents is 1. The van der Waals surface area contributed by atoms with E-state index in [4.69, 9.17) is 4.74 Å². The maximum absolute atomic E-state index is 12.8. The Bertz CT molecular complexity index is 1020. The van der Waals surface area contributed by atoms with Crippen LogP contribution in [0.5, 0.6) is 5.75 Å². The van der Waals surface area contributed by atoms with Crippen LogP contribution in [0.4, 0.5) is 5.69 Å². The van der Waals surface area contributed by atoms with Crippen molar-refractivity contribution in [3.8, 4) is 5.75 Å². The van der Waals surface area contributed by atoms with E-state index >= 15 is 0 Å². The van der Waals surface area contributed by atoms with Crippen LogP contribution in [0.15, 0.2) is 33.9 Å². The fraction of sp³-hybridized carbons (Fsp3) is 0.400. The molecule has 0 radical (unpaired) electrons. The number of hydrogen-bond acceptors (Lipinski definition) is 8. The molecule has 2 amide bonds. The van der Waals surface area contributed by atoms with Crippen LogP contribution in [-0.4, -0.2) is 47.1 Å². The lowest BCUT2D eigenvalue weighted by molar-refractivity contribution is -0.386. The number of imide groups is 1.